The highest BCUT2D eigenvalue weighted by Crippen LogP contribution is 2.31. The molecule has 1 aromatic carbocycles. The molecule has 0 heterocycles. The lowest BCUT2D eigenvalue weighted by Crippen LogP contribution is -2.08. The van der Waals surface area contributed by atoms with Crippen LogP contribution in [0.1, 0.15) is 66.5 Å². The minimum Gasteiger partial charge on any atom is -0.207 e. The molecule has 0 spiro atoms. The number of allylic oxidation sites excluding steroid dienone is 4. The molecule has 0 aliphatic heterocycles. The van der Waals surface area contributed by atoms with Crippen LogP contribution in [-0.2, 0) is 0 Å². The SMILES string of the molecule is C=C(C)/C=C(\C)C(F)(F)F.C=C(C)C.C=C(C)C(C)Sc1cc(C)c(F)cc1C#N.CC. The fraction of sp³-hybridized carbons (Fsp3) is 0.423. The summed E-state index contributed by atoms with van der Waals surface area (Å²) in [6.07, 6.45) is -3.20. The van der Waals surface area contributed by atoms with Crippen LogP contribution in [0.3, 0.4) is 0 Å². The zero-order valence-electron chi connectivity index (χ0n) is 20.8. The maximum atomic E-state index is 13.3. The smallest absolute Gasteiger partial charge is 0.207 e. The lowest BCUT2D eigenvalue weighted by molar-refractivity contribution is -0.0913. The van der Waals surface area contributed by atoms with E-state index in [1.54, 1.807) is 13.0 Å². The van der Waals surface area contributed by atoms with Gasteiger partial charge in [0.1, 0.15) is 11.9 Å². The van der Waals surface area contributed by atoms with Crippen molar-refractivity contribution in [3.05, 3.63) is 77.2 Å². The summed E-state index contributed by atoms with van der Waals surface area (Å²) in [7, 11) is 0. The van der Waals surface area contributed by atoms with Crippen LogP contribution in [0.5, 0.6) is 0 Å². The lowest BCUT2D eigenvalue weighted by Gasteiger charge is -2.12. The second-order valence-electron chi connectivity index (χ2n) is 7.19. The number of alkyl halides is 3. The first-order valence-corrected chi connectivity index (χ1v) is 11.0. The monoisotopic (exact) mass is 471 g/mol. The largest absolute Gasteiger partial charge is 0.412 e. The fourth-order valence-electron chi connectivity index (χ4n) is 1.58. The summed E-state index contributed by atoms with van der Waals surface area (Å²) >= 11 is 1.54. The van der Waals surface area contributed by atoms with Crippen molar-refractivity contribution in [3.8, 4) is 6.07 Å². The summed E-state index contributed by atoms with van der Waals surface area (Å²) in [5.74, 6) is -0.330. The highest BCUT2D eigenvalue weighted by molar-refractivity contribution is 8.00. The zero-order valence-corrected chi connectivity index (χ0v) is 21.6. The summed E-state index contributed by atoms with van der Waals surface area (Å²) in [4.78, 5) is 0.817. The van der Waals surface area contributed by atoms with Gasteiger partial charge in [-0.15, -0.1) is 18.3 Å². The number of hydrogen-bond acceptors (Lipinski definition) is 2. The van der Waals surface area contributed by atoms with Gasteiger partial charge < -0.3 is 0 Å². The van der Waals surface area contributed by atoms with E-state index < -0.39 is 11.7 Å². The highest BCUT2D eigenvalue weighted by atomic mass is 32.2. The molecule has 0 saturated carbocycles. The number of hydrogen-bond donors (Lipinski definition) is 0. The Morgan fingerprint density at radius 2 is 1.50 bits per heavy atom. The number of benzene rings is 1. The molecule has 0 aromatic heterocycles. The molecule has 0 radical (unpaired) electrons. The second kappa shape index (κ2) is 17.3. The number of aryl methyl sites for hydroxylation is 1. The van der Waals surface area contributed by atoms with Gasteiger partial charge in [-0.2, -0.15) is 18.4 Å². The maximum absolute atomic E-state index is 13.3. The number of halogens is 4. The standard InChI is InChI=1S/C13H14FNS.C7H9F3.C4H8.C2H6/c1-8(2)10(4)16-13-5-9(3)12(14)6-11(13)7-15;1-5(2)4-6(3)7(8,9)10;1-4(2)3;1-2/h5-6,10H,1H2,2-4H3;4H,1H2,2-3H3;1H2,2-3H3;1-2H3/b;6-4+;;. The molecule has 1 aromatic rings. The molecule has 0 bridgehead atoms. The molecule has 0 fully saturated rings. The van der Waals surface area contributed by atoms with Crippen molar-refractivity contribution in [2.45, 2.75) is 78.6 Å². The predicted octanol–water partition coefficient (Wildman–Crippen LogP) is 9.74. The molecule has 180 valence electrons. The van der Waals surface area contributed by atoms with Gasteiger partial charge in [0.05, 0.1) is 5.56 Å². The van der Waals surface area contributed by atoms with E-state index in [9.17, 15) is 17.6 Å². The van der Waals surface area contributed by atoms with Gasteiger partial charge in [-0.1, -0.05) is 49.8 Å². The van der Waals surface area contributed by atoms with Crippen molar-refractivity contribution in [1.29, 1.82) is 5.26 Å². The van der Waals surface area contributed by atoms with Crippen LogP contribution in [0, 0.1) is 24.1 Å². The molecule has 1 atom stereocenters. The predicted molar refractivity (Wildman–Crippen MR) is 132 cm³/mol. The Morgan fingerprint density at radius 3 is 1.78 bits per heavy atom. The summed E-state index contributed by atoms with van der Waals surface area (Å²) in [5, 5.41) is 9.15. The van der Waals surface area contributed by atoms with Crippen LogP contribution in [0.2, 0.25) is 0 Å². The molecule has 0 aliphatic rings. The maximum Gasteiger partial charge on any atom is 0.412 e. The van der Waals surface area contributed by atoms with Crippen LogP contribution in [0.4, 0.5) is 17.6 Å². The third-order valence-electron chi connectivity index (χ3n) is 3.29. The summed E-state index contributed by atoms with van der Waals surface area (Å²) in [6.45, 7) is 26.9. The number of thioether (sulfide) groups is 1. The Kier molecular flexibility index (Phi) is 18.6. The zero-order chi connectivity index (χ0) is 26.2. The van der Waals surface area contributed by atoms with Crippen LogP contribution < -0.4 is 0 Å². The molecule has 1 rings (SSSR count). The quantitative estimate of drug-likeness (QED) is 0.189. The average Bonchev–Trinajstić information content (AvgIpc) is 2.64. The van der Waals surface area contributed by atoms with Gasteiger partial charge in [-0.25, -0.2) is 4.39 Å². The van der Waals surface area contributed by atoms with Gasteiger partial charge in [-0.3, -0.25) is 0 Å². The minimum absolute atomic E-state index is 0.219. The average molecular weight is 472 g/mol. The summed E-state index contributed by atoms with van der Waals surface area (Å²) in [5.41, 5.74) is 2.96. The normalized spacial score (nSPS) is 11.2. The van der Waals surface area contributed by atoms with Crippen LogP contribution in [0.15, 0.2) is 65.1 Å². The fourth-order valence-corrected chi connectivity index (χ4v) is 2.64. The second-order valence-corrected chi connectivity index (χ2v) is 8.58. The van der Waals surface area contributed by atoms with E-state index in [2.05, 4.69) is 19.7 Å². The summed E-state index contributed by atoms with van der Waals surface area (Å²) in [6, 6.07) is 5.03. The Balaban J connectivity index is -0.000000449. The topological polar surface area (TPSA) is 23.8 Å². The molecule has 0 aliphatic carbocycles. The van der Waals surface area contributed by atoms with E-state index in [1.165, 1.54) is 30.3 Å². The number of rotatable bonds is 4. The van der Waals surface area contributed by atoms with Crippen molar-refractivity contribution in [2.75, 3.05) is 0 Å². The minimum atomic E-state index is -4.21. The van der Waals surface area contributed by atoms with E-state index >= 15 is 0 Å². The first-order valence-electron chi connectivity index (χ1n) is 10.1. The molecule has 0 amide bonds. The van der Waals surface area contributed by atoms with Gasteiger partial charge >= 0.3 is 6.18 Å². The molecule has 1 nitrogen and oxygen atoms in total. The Labute approximate surface area is 196 Å². The van der Waals surface area contributed by atoms with E-state index in [4.69, 9.17) is 5.26 Å². The first kappa shape index (κ1) is 34.4. The van der Waals surface area contributed by atoms with Gasteiger partial charge in [0.15, 0.2) is 0 Å². The third kappa shape index (κ3) is 17.4. The molecule has 0 saturated heterocycles. The third-order valence-corrected chi connectivity index (χ3v) is 4.64. The van der Waals surface area contributed by atoms with E-state index in [0.717, 1.165) is 23.5 Å². The summed E-state index contributed by atoms with van der Waals surface area (Å²) < 4.78 is 48.4. The van der Waals surface area contributed by atoms with Gasteiger partial charge in [0.25, 0.3) is 0 Å². The van der Waals surface area contributed by atoms with Gasteiger partial charge in [0.2, 0.25) is 0 Å². The van der Waals surface area contributed by atoms with Crippen molar-refractivity contribution in [2.24, 2.45) is 0 Å². The van der Waals surface area contributed by atoms with Crippen molar-refractivity contribution >= 4 is 11.8 Å². The molecular formula is C26H37F4NS. The van der Waals surface area contributed by atoms with Crippen LogP contribution >= 0.6 is 11.8 Å². The van der Waals surface area contributed by atoms with Crippen molar-refractivity contribution < 1.29 is 17.6 Å². The number of nitrogens with zero attached hydrogens (tertiary/aromatic N) is 1. The Hall–Kier alpha value is -2.26. The first-order chi connectivity index (χ1) is 14.5. The molecule has 0 N–H and O–H groups in total. The molecule has 32 heavy (non-hydrogen) atoms. The molecule has 1 unspecified atom stereocenters. The highest BCUT2D eigenvalue weighted by Gasteiger charge is 2.29. The van der Waals surface area contributed by atoms with Gasteiger partial charge in [0, 0.05) is 15.7 Å². The molecule has 6 heteroatoms. The lowest BCUT2D eigenvalue weighted by atomic mass is 10.1. The molecular weight excluding hydrogens is 434 g/mol. The van der Waals surface area contributed by atoms with Crippen molar-refractivity contribution in [1.82, 2.24) is 0 Å². The number of nitriles is 1. The van der Waals surface area contributed by atoms with Crippen LogP contribution in [-0.4, -0.2) is 11.4 Å². The Morgan fingerprint density at radius 1 is 1.06 bits per heavy atom. The van der Waals surface area contributed by atoms with Crippen LogP contribution in [0.25, 0.3) is 0 Å². The van der Waals surface area contributed by atoms with Gasteiger partial charge in [-0.05, 0) is 66.2 Å². The van der Waals surface area contributed by atoms with E-state index in [0.29, 0.717) is 16.7 Å². The van der Waals surface area contributed by atoms with Crippen molar-refractivity contribution in [3.63, 3.8) is 0 Å². The van der Waals surface area contributed by atoms with E-state index in [-0.39, 0.29) is 11.1 Å². The van der Waals surface area contributed by atoms with E-state index in [1.807, 2.05) is 47.6 Å². The Bertz CT molecular complexity index is 823.